The van der Waals surface area contributed by atoms with Gasteiger partial charge >= 0.3 is 0 Å². The highest BCUT2D eigenvalue weighted by Crippen LogP contribution is 2.20. The van der Waals surface area contributed by atoms with Gasteiger partial charge in [0.2, 0.25) is 0 Å². The number of halogens is 1. The average molecular weight is 400 g/mol. The van der Waals surface area contributed by atoms with Crippen LogP contribution in [-0.2, 0) is 6.54 Å². The van der Waals surface area contributed by atoms with E-state index in [2.05, 4.69) is 40.5 Å². The minimum atomic E-state index is -0.282. The third-order valence-electron chi connectivity index (χ3n) is 4.73. The molecular weight excluding hydrogens is 369 g/mol. The van der Waals surface area contributed by atoms with Crippen molar-refractivity contribution in [3.8, 4) is 5.75 Å². The molecule has 2 heterocycles. The van der Waals surface area contributed by atoms with E-state index < -0.39 is 0 Å². The number of aliphatic imine (C=N–C) groups is 1. The van der Waals surface area contributed by atoms with Crippen LogP contribution in [0.5, 0.6) is 5.75 Å². The highest BCUT2D eigenvalue weighted by molar-refractivity contribution is 5.80. The van der Waals surface area contributed by atoms with Gasteiger partial charge in [0.25, 0.3) is 0 Å². The van der Waals surface area contributed by atoms with Crippen LogP contribution >= 0.6 is 0 Å². The first kappa shape index (κ1) is 20.9. The zero-order valence-electron chi connectivity index (χ0n) is 17.4. The summed E-state index contributed by atoms with van der Waals surface area (Å²) in [6, 6.07) is 11.3. The van der Waals surface area contributed by atoms with Crippen LogP contribution in [0.3, 0.4) is 0 Å². The van der Waals surface area contributed by atoms with Gasteiger partial charge in [0.15, 0.2) is 17.6 Å². The van der Waals surface area contributed by atoms with Crippen molar-refractivity contribution in [3.05, 3.63) is 54.0 Å². The molecule has 0 aliphatic carbocycles. The Hall–Kier alpha value is -2.83. The van der Waals surface area contributed by atoms with E-state index in [0.717, 1.165) is 30.2 Å². The van der Waals surface area contributed by atoms with Crippen molar-refractivity contribution in [3.63, 3.8) is 0 Å². The van der Waals surface area contributed by atoms with Crippen LogP contribution in [0.15, 0.2) is 47.6 Å². The molecule has 2 N–H and O–H groups in total. The maximum Gasteiger partial charge on any atom is 0.191 e. The topological polar surface area (TPSA) is 61.8 Å². The summed E-state index contributed by atoms with van der Waals surface area (Å²) < 4.78 is 19.8. The molecule has 1 aliphatic rings. The summed E-state index contributed by atoms with van der Waals surface area (Å²) in [5, 5.41) is 6.77. The molecule has 3 rings (SSSR count). The van der Waals surface area contributed by atoms with E-state index in [1.165, 1.54) is 6.07 Å². The summed E-state index contributed by atoms with van der Waals surface area (Å²) in [5.41, 5.74) is 1.12. The predicted molar refractivity (Wildman–Crippen MR) is 115 cm³/mol. The summed E-state index contributed by atoms with van der Waals surface area (Å²) >= 11 is 0. The van der Waals surface area contributed by atoms with Crippen LogP contribution in [-0.4, -0.2) is 43.7 Å². The van der Waals surface area contributed by atoms with Crippen molar-refractivity contribution in [2.24, 2.45) is 10.9 Å². The van der Waals surface area contributed by atoms with Crippen LogP contribution in [0.2, 0.25) is 0 Å². The number of aromatic nitrogens is 1. The molecular formula is C22H30FN5O. The minimum Gasteiger partial charge on any atom is -0.493 e. The fourth-order valence-corrected chi connectivity index (χ4v) is 3.26. The van der Waals surface area contributed by atoms with Crippen LogP contribution in [0, 0.1) is 11.7 Å². The van der Waals surface area contributed by atoms with Crippen LogP contribution in [0.4, 0.5) is 10.2 Å². The molecule has 2 aromatic rings. The van der Waals surface area contributed by atoms with Gasteiger partial charge in [0.05, 0.1) is 6.61 Å². The van der Waals surface area contributed by atoms with E-state index in [0.29, 0.717) is 31.4 Å². The van der Waals surface area contributed by atoms with Gasteiger partial charge in [-0.2, -0.15) is 0 Å². The van der Waals surface area contributed by atoms with E-state index >= 15 is 0 Å². The van der Waals surface area contributed by atoms with E-state index in [4.69, 9.17) is 4.74 Å². The fraction of sp³-hybridized carbons (Fsp3) is 0.455. The molecule has 1 fully saturated rings. The molecule has 7 heteroatoms. The van der Waals surface area contributed by atoms with Crippen molar-refractivity contribution < 1.29 is 9.13 Å². The smallest absolute Gasteiger partial charge is 0.191 e. The minimum absolute atomic E-state index is 0.184. The standard InChI is InChI=1S/C22H30FN5O/c1-16(2)15-29-19-7-4-6-17(12-19)13-26-22(24-3)27-18-9-11-28(14-18)21-20(23)8-5-10-25-21/h4-8,10,12,16,18H,9,11,13-15H2,1-3H3,(H2,24,26,27). The summed E-state index contributed by atoms with van der Waals surface area (Å²) in [7, 11) is 1.75. The predicted octanol–water partition coefficient (Wildman–Crippen LogP) is 3.20. The molecule has 1 saturated heterocycles. The van der Waals surface area contributed by atoms with Gasteiger partial charge < -0.3 is 20.3 Å². The second-order valence-corrected chi connectivity index (χ2v) is 7.66. The third-order valence-corrected chi connectivity index (χ3v) is 4.73. The van der Waals surface area contributed by atoms with Crippen molar-refractivity contribution in [1.82, 2.24) is 15.6 Å². The first-order chi connectivity index (χ1) is 14.0. The van der Waals surface area contributed by atoms with Crippen LogP contribution < -0.4 is 20.3 Å². The average Bonchev–Trinajstić information content (AvgIpc) is 3.18. The zero-order chi connectivity index (χ0) is 20.6. The summed E-state index contributed by atoms with van der Waals surface area (Å²) in [6.07, 6.45) is 2.52. The van der Waals surface area contributed by atoms with Gasteiger partial charge in [-0.15, -0.1) is 0 Å². The quantitative estimate of drug-likeness (QED) is 0.553. The van der Waals surface area contributed by atoms with Gasteiger partial charge in [0.1, 0.15) is 5.75 Å². The lowest BCUT2D eigenvalue weighted by molar-refractivity contribution is 0.271. The zero-order valence-corrected chi connectivity index (χ0v) is 17.4. The number of hydrogen-bond acceptors (Lipinski definition) is 4. The number of benzene rings is 1. The Morgan fingerprint density at radius 1 is 1.34 bits per heavy atom. The van der Waals surface area contributed by atoms with Crippen molar-refractivity contribution >= 4 is 11.8 Å². The van der Waals surface area contributed by atoms with Gasteiger partial charge in [-0.25, -0.2) is 9.37 Å². The van der Waals surface area contributed by atoms with E-state index in [1.807, 2.05) is 23.1 Å². The second-order valence-electron chi connectivity index (χ2n) is 7.66. The molecule has 1 aromatic carbocycles. The number of guanidine groups is 1. The number of ether oxygens (including phenoxy) is 1. The molecule has 1 unspecified atom stereocenters. The van der Waals surface area contributed by atoms with Crippen molar-refractivity contribution in [2.45, 2.75) is 32.9 Å². The number of nitrogens with zero attached hydrogens (tertiary/aromatic N) is 3. The fourth-order valence-electron chi connectivity index (χ4n) is 3.26. The Bertz CT molecular complexity index is 826. The lowest BCUT2D eigenvalue weighted by Crippen LogP contribution is -2.44. The van der Waals surface area contributed by atoms with Gasteiger partial charge in [-0.3, -0.25) is 4.99 Å². The van der Waals surface area contributed by atoms with Crippen molar-refractivity contribution in [1.29, 1.82) is 0 Å². The molecule has 6 nitrogen and oxygen atoms in total. The van der Waals surface area contributed by atoms with E-state index in [-0.39, 0.29) is 11.9 Å². The maximum absolute atomic E-state index is 14.0. The maximum atomic E-state index is 14.0. The first-order valence-corrected chi connectivity index (χ1v) is 10.1. The molecule has 156 valence electrons. The Morgan fingerprint density at radius 2 is 2.21 bits per heavy atom. The van der Waals surface area contributed by atoms with Gasteiger partial charge in [-0.1, -0.05) is 26.0 Å². The highest BCUT2D eigenvalue weighted by atomic mass is 19.1. The molecule has 29 heavy (non-hydrogen) atoms. The SMILES string of the molecule is CN=C(NCc1cccc(OCC(C)C)c1)NC1CCN(c2ncccc2F)C1. The Kier molecular flexibility index (Phi) is 7.27. The number of nitrogens with one attached hydrogen (secondary N) is 2. The molecule has 0 saturated carbocycles. The summed E-state index contributed by atoms with van der Waals surface area (Å²) in [4.78, 5) is 10.5. The number of rotatable bonds is 7. The molecule has 0 radical (unpaired) electrons. The molecule has 0 amide bonds. The molecule has 1 aromatic heterocycles. The molecule has 1 aliphatic heterocycles. The molecule has 0 spiro atoms. The summed E-state index contributed by atoms with van der Waals surface area (Å²) in [6.45, 7) is 7.06. The van der Waals surface area contributed by atoms with E-state index in [9.17, 15) is 4.39 Å². The molecule has 0 bridgehead atoms. The lowest BCUT2D eigenvalue weighted by Gasteiger charge is -2.20. The largest absolute Gasteiger partial charge is 0.493 e. The van der Waals surface area contributed by atoms with Crippen molar-refractivity contribution in [2.75, 3.05) is 31.6 Å². The van der Waals surface area contributed by atoms with Crippen LogP contribution in [0.25, 0.3) is 0 Å². The lowest BCUT2D eigenvalue weighted by atomic mass is 10.2. The molecule has 1 atom stereocenters. The van der Waals surface area contributed by atoms with E-state index in [1.54, 1.807) is 19.3 Å². The first-order valence-electron chi connectivity index (χ1n) is 10.1. The monoisotopic (exact) mass is 399 g/mol. The summed E-state index contributed by atoms with van der Waals surface area (Å²) in [5.74, 6) is 2.23. The Labute approximate surface area is 172 Å². The van der Waals surface area contributed by atoms with Gasteiger partial charge in [-0.05, 0) is 42.2 Å². The Balaban J connectivity index is 1.50. The van der Waals surface area contributed by atoms with Gasteiger partial charge in [0, 0.05) is 38.9 Å². The van der Waals surface area contributed by atoms with Crippen LogP contribution in [0.1, 0.15) is 25.8 Å². The normalized spacial score (nSPS) is 16.9. The number of pyridine rings is 1. The second kappa shape index (κ2) is 10.1. The number of hydrogen-bond donors (Lipinski definition) is 2. The highest BCUT2D eigenvalue weighted by Gasteiger charge is 2.25. The number of anilines is 1. The Morgan fingerprint density at radius 3 is 2.97 bits per heavy atom. The third kappa shape index (κ3) is 6.07.